The van der Waals surface area contributed by atoms with Crippen LogP contribution in [0.1, 0.15) is 27.2 Å². The minimum atomic E-state index is -0.796. The lowest BCUT2D eigenvalue weighted by Crippen LogP contribution is -2.44. The molecule has 2 atom stereocenters. The molecule has 0 saturated carbocycles. The molecule has 1 aliphatic rings. The van der Waals surface area contributed by atoms with Crippen LogP contribution in [0.5, 0.6) is 0 Å². The van der Waals surface area contributed by atoms with Crippen LogP contribution in [0.2, 0.25) is 0 Å². The standard InChI is InChI=1S/C12H17ClO4/c1-7(13)11(15)17-10-9(14)5-8(16-4)6-12(10,2)3/h5,7,10H,6H2,1-4H3. The van der Waals surface area contributed by atoms with Crippen molar-refractivity contribution in [1.29, 1.82) is 0 Å². The number of ketones is 1. The predicted molar refractivity (Wildman–Crippen MR) is 63.7 cm³/mol. The van der Waals surface area contributed by atoms with E-state index in [4.69, 9.17) is 21.1 Å². The van der Waals surface area contributed by atoms with Gasteiger partial charge in [0, 0.05) is 17.9 Å². The maximum absolute atomic E-state index is 11.9. The number of allylic oxidation sites excluding steroid dienone is 1. The molecule has 0 bridgehead atoms. The van der Waals surface area contributed by atoms with E-state index in [0.717, 1.165) is 0 Å². The Morgan fingerprint density at radius 2 is 2.18 bits per heavy atom. The van der Waals surface area contributed by atoms with Crippen LogP contribution in [0, 0.1) is 5.41 Å². The Morgan fingerprint density at radius 1 is 1.59 bits per heavy atom. The minimum Gasteiger partial charge on any atom is -0.501 e. The number of esters is 1. The lowest BCUT2D eigenvalue weighted by atomic mass is 9.76. The van der Waals surface area contributed by atoms with Gasteiger partial charge in [0.15, 0.2) is 11.9 Å². The Kier molecular flexibility index (Phi) is 4.20. The van der Waals surface area contributed by atoms with Gasteiger partial charge in [-0.1, -0.05) is 13.8 Å². The number of hydrogen-bond acceptors (Lipinski definition) is 4. The van der Waals surface area contributed by atoms with Crippen LogP contribution in [-0.2, 0) is 19.1 Å². The van der Waals surface area contributed by atoms with Crippen LogP contribution in [0.4, 0.5) is 0 Å². The average Bonchev–Trinajstić information content (AvgIpc) is 2.21. The fourth-order valence-corrected chi connectivity index (χ4v) is 1.82. The van der Waals surface area contributed by atoms with E-state index < -0.39 is 22.9 Å². The molecule has 0 saturated heterocycles. The Balaban J connectivity index is 2.88. The fourth-order valence-electron chi connectivity index (χ4n) is 1.77. The molecule has 0 N–H and O–H groups in total. The number of carbonyl (C=O) groups excluding carboxylic acids is 2. The number of methoxy groups -OCH3 is 1. The largest absolute Gasteiger partial charge is 0.501 e. The van der Waals surface area contributed by atoms with Gasteiger partial charge in [-0.05, 0) is 6.92 Å². The predicted octanol–water partition coefficient (Wildman–Crippen LogP) is 2.05. The van der Waals surface area contributed by atoms with Gasteiger partial charge in [0.25, 0.3) is 0 Å². The number of rotatable bonds is 3. The van der Waals surface area contributed by atoms with E-state index in [1.54, 1.807) is 0 Å². The lowest BCUT2D eigenvalue weighted by Gasteiger charge is -2.35. The first-order chi connectivity index (χ1) is 7.77. The monoisotopic (exact) mass is 260 g/mol. The van der Waals surface area contributed by atoms with E-state index in [-0.39, 0.29) is 5.78 Å². The Labute approximate surface area is 106 Å². The van der Waals surface area contributed by atoms with Gasteiger partial charge in [-0.3, -0.25) is 9.59 Å². The highest BCUT2D eigenvalue weighted by Gasteiger charge is 2.42. The molecule has 0 aliphatic heterocycles. The first-order valence-corrected chi connectivity index (χ1v) is 5.84. The van der Waals surface area contributed by atoms with E-state index in [1.807, 2.05) is 13.8 Å². The minimum absolute atomic E-state index is 0.260. The van der Waals surface area contributed by atoms with Crippen molar-refractivity contribution in [1.82, 2.24) is 0 Å². The van der Waals surface area contributed by atoms with Crippen LogP contribution in [0.3, 0.4) is 0 Å². The van der Waals surface area contributed by atoms with E-state index in [1.165, 1.54) is 20.1 Å². The van der Waals surface area contributed by atoms with Crippen molar-refractivity contribution in [3.8, 4) is 0 Å². The van der Waals surface area contributed by atoms with Gasteiger partial charge in [-0.15, -0.1) is 11.6 Å². The van der Waals surface area contributed by atoms with Crippen molar-refractivity contribution < 1.29 is 19.1 Å². The van der Waals surface area contributed by atoms with Crippen molar-refractivity contribution in [2.75, 3.05) is 7.11 Å². The SMILES string of the molecule is COC1=CC(=O)C(OC(=O)C(C)Cl)C(C)(C)C1. The molecule has 4 nitrogen and oxygen atoms in total. The molecule has 1 aliphatic carbocycles. The zero-order chi connectivity index (χ0) is 13.2. The molecule has 0 radical (unpaired) electrons. The molecule has 0 fully saturated rings. The first-order valence-electron chi connectivity index (χ1n) is 5.41. The molecule has 0 amide bonds. The lowest BCUT2D eigenvalue weighted by molar-refractivity contribution is -0.161. The van der Waals surface area contributed by atoms with Crippen LogP contribution >= 0.6 is 11.6 Å². The molecular weight excluding hydrogens is 244 g/mol. The highest BCUT2D eigenvalue weighted by atomic mass is 35.5. The van der Waals surface area contributed by atoms with E-state index in [0.29, 0.717) is 12.2 Å². The molecule has 5 heteroatoms. The Hall–Kier alpha value is -1.03. The number of halogens is 1. The second kappa shape index (κ2) is 5.08. The topological polar surface area (TPSA) is 52.6 Å². The van der Waals surface area contributed by atoms with Crippen LogP contribution in [0.25, 0.3) is 0 Å². The van der Waals surface area contributed by atoms with Gasteiger partial charge >= 0.3 is 5.97 Å². The third kappa shape index (κ3) is 3.22. The quantitative estimate of drug-likeness (QED) is 0.576. The third-order valence-corrected chi connectivity index (χ3v) is 2.90. The van der Waals surface area contributed by atoms with Gasteiger partial charge in [-0.2, -0.15) is 0 Å². The van der Waals surface area contributed by atoms with Crippen LogP contribution in [0.15, 0.2) is 11.8 Å². The van der Waals surface area contributed by atoms with Crippen molar-refractivity contribution in [3.05, 3.63) is 11.8 Å². The van der Waals surface area contributed by atoms with Crippen molar-refractivity contribution in [3.63, 3.8) is 0 Å². The Bertz CT molecular complexity index is 358. The number of hydrogen-bond donors (Lipinski definition) is 0. The molecule has 1 rings (SSSR count). The number of carbonyl (C=O) groups is 2. The van der Waals surface area contributed by atoms with Crippen molar-refractivity contribution >= 4 is 23.4 Å². The highest BCUT2D eigenvalue weighted by Crippen LogP contribution is 2.36. The number of ether oxygens (including phenoxy) is 2. The maximum atomic E-state index is 11.9. The summed E-state index contributed by atoms with van der Waals surface area (Å²) in [5.74, 6) is -0.234. The summed E-state index contributed by atoms with van der Waals surface area (Å²) in [4.78, 5) is 23.3. The first kappa shape index (κ1) is 14.0. The zero-order valence-electron chi connectivity index (χ0n) is 10.5. The molecular formula is C12H17ClO4. The molecule has 0 spiro atoms. The van der Waals surface area contributed by atoms with E-state index in [2.05, 4.69) is 0 Å². The van der Waals surface area contributed by atoms with E-state index >= 15 is 0 Å². The summed E-state index contributed by atoms with van der Waals surface area (Å²) >= 11 is 5.62. The fraction of sp³-hybridized carbons (Fsp3) is 0.667. The van der Waals surface area contributed by atoms with Crippen LogP contribution in [-0.4, -0.2) is 30.3 Å². The molecule has 17 heavy (non-hydrogen) atoms. The summed E-state index contributed by atoms with van der Waals surface area (Å²) in [6.07, 6.45) is 1.13. The van der Waals surface area contributed by atoms with Gasteiger partial charge in [0.05, 0.1) is 12.9 Å². The van der Waals surface area contributed by atoms with Gasteiger partial charge in [0.2, 0.25) is 0 Å². The summed E-state index contributed by atoms with van der Waals surface area (Å²) in [7, 11) is 1.52. The summed E-state index contributed by atoms with van der Waals surface area (Å²) in [6, 6.07) is 0. The summed E-state index contributed by atoms with van der Waals surface area (Å²) in [6.45, 7) is 5.22. The summed E-state index contributed by atoms with van der Waals surface area (Å²) in [5.41, 5.74) is -0.487. The van der Waals surface area contributed by atoms with Gasteiger partial charge in [-0.25, -0.2) is 0 Å². The molecule has 2 unspecified atom stereocenters. The summed E-state index contributed by atoms with van der Waals surface area (Å²) in [5, 5.41) is -0.758. The second-order valence-corrected chi connectivity index (χ2v) is 5.47. The molecule has 0 aromatic rings. The van der Waals surface area contributed by atoms with Crippen molar-refractivity contribution in [2.45, 2.75) is 38.7 Å². The van der Waals surface area contributed by atoms with Gasteiger partial charge < -0.3 is 9.47 Å². The average molecular weight is 261 g/mol. The van der Waals surface area contributed by atoms with Gasteiger partial charge in [0.1, 0.15) is 5.38 Å². The molecule has 0 aromatic carbocycles. The normalized spacial score (nSPS) is 24.9. The van der Waals surface area contributed by atoms with E-state index in [9.17, 15) is 9.59 Å². The van der Waals surface area contributed by atoms with Crippen LogP contribution < -0.4 is 0 Å². The highest BCUT2D eigenvalue weighted by molar-refractivity contribution is 6.29. The molecule has 96 valence electrons. The Morgan fingerprint density at radius 3 is 2.59 bits per heavy atom. The smallest absolute Gasteiger partial charge is 0.324 e. The maximum Gasteiger partial charge on any atom is 0.324 e. The number of alkyl halides is 1. The summed E-state index contributed by atoms with van der Waals surface area (Å²) < 4.78 is 10.2. The second-order valence-electron chi connectivity index (χ2n) is 4.82. The van der Waals surface area contributed by atoms with Crippen molar-refractivity contribution in [2.24, 2.45) is 5.41 Å². The third-order valence-electron chi connectivity index (χ3n) is 2.72. The molecule has 0 heterocycles. The zero-order valence-corrected chi connectivity index (χ0v) is 11.2. The molecule has 0 aromatic heterocycles.